The van der Waals surface area contributed by atoms with Crippen LogP contribution in [0.5, 0.6) is 11.5 Å². The van der Waals surface area contributed by atoms with Gasteiger partial charge >= 0.3 is 5.97 Å². The van der Waals surface area contributed by atoms with Crippen LogP contribution in [0, 0.1) is 0 Å². The van der Waals surface area contributed by atoms with Crippen LogP contribution in [-0.4, -0.2) is 22.8 Å². The van der Waals surface area contributed by atoms with Crippen molar-refractivity contribution in [1.29, 1.82) is 0 Å². The first-order valence-electron chi connectivity index (χ1n) is 4.09. The fraction of sp³-hybridized carbons (Fsp3) is 0.222. The smallest absolute Gasteiger partial charge is 0.339 e. The summed E-state index contributed by atoms with van der Waals surface area (Å²) in [5, 5.41) is 18.4. The van der Waals surface area contributed by atoms with E-state index in [4.69, 9.17) is 15.6 Å². The highest BCUT2D eigenvalue weighted by atomic mass is 16.5. The first-order chi connectivity index (χ1) is 6.61. The molecule has 74 valence electrons. The lowest BCUT2D eigenvalue weighted by Crippen LogP contribution is -2.11. The fourth-order valence-corrected chi connectivity index (χ4v) is 1.51. The molecule has 0 fully saturated rings. The minimum absolute atomic E-state index is 0.148. The van der Waals surface area contributed by atoms with Gasteiger partial charge in [0.2, 0.25) is 0 Å². The molecule has 1 heterocycles. The van der Waals surface area contributed by atoms with Crippen molar-refractivity contribution in [2.75, 3.05) is 6.61 Å². The molecule has 0 radical (unpaired) electrons. The third kappa shape index (κ3) is 1.10. The van der Waals surface area contributed by atoms with Gasteiger partial charge in [0.15, 0.2) is 0 Å². The molecule has 0 unspecified atom stereocenters. The zero-order valence-electron chi connectivity index (χ0n) is 7.23. The molecule has 1 aromatic rings. The molecule has 0 saturated heterocycles. The summed E-state index contributed by atoms with van der Waals surface area (Å²) in [4.78, 5) is 10.7. The molecule has 5 nitrogen and oxygen atoms in total. The number of hydrogen-bond acceptors (Lipinski definition) is 4. The average Bonchev–Trinajstić information content (AvgIpc) is 2.48. The Bertz CT molecular complexity index is 402. The maximum atomic E-state index is 10.7. The topological polar surface area (TPSA) is 92.8 Å². The highest BCUT2D eigenvalue weighted by Crippen LogP contribution is 2.39. The Morgan fingerprint density at radius 1 is 1.57 bits per heavy atom. The van der Waals surface area contributed by atoms with Crippen molar-refractivity contribution in [2.45, 2.75) is 6.04 Å². The van der Waals surface area contributed by atoms with E-state index in [1.165, 1.54) is 12.1 Å². The predicted octanol–water partition coefficient (Wildman–Crippen LogP) is 0.483. The maximum Gasteiger partial charge on any atom is 0.339 e. The van der Waals surface area contributed by atoms with Crippen molar-refractivity contribution in [3.8, 4) is 11.5 Å². The highest BCUT2D eigenvalue weighted by Gasteiger charge is 2.27. The van der Waals surface area contributed by atoms with Gasteiger partial charge in [0.05, 0.1) is 11.6 Å². The Morgan fingerprint density at radius 2 is 2.29 bits per heavy atom. The van der Waals surface area contributed by atoms with E-state index < -0.39 is 12.0 Å². The Kier molecular flexibility index (Phi) is 1.82. The second kappa shape index (κ2) is 2.88. The number of fused-ring (bicyclic) bond motifs is 1. The van der Waals surface area contributed by atoms with Gasteiger partial charge in [-0.1, -0.05) is 0 Å². The van der Waals surface area contributed by atoms with Crippen LogP contribution in [0.4, 0.5) is 0 Å². The van der Waals surface area contributed by atoms with E-state index in [0.717, 1.165) is 0 Å². The number of carbonyl (C=O) groups is 1. The standard InChI is InChI=1S/C9H9NO4/c10-5-3-14-6-2-1-4(9(12)13)8(11)7(5)6/h1-2,5,11H,3,10H2,(H,12,13)/t5-/m0/s1. The molecule has 1 aliphatic heterocycles. The van der Waals surface area contributed by atoms with Gasteiger partial charge in [-0.3, -0.25) is 0 Å². The van der Waals surface area contributed by atoms with Gasteiger partial charge in [-0.2, -0.15) is 0 Å². The molecule has 0 saturated carbocycles. The van der Waals surface area contributed by atoms with Crippen LogP contribution in [0.3, 0.4) is 0 Å². The van der Waals surface area contributed by atoms with Crippen molar-refractivity contribution >= 4 is 5.97 Å². The molecule has 1 aliphatic rings. The normalized spacial score (nSPS) is 18.8. The fourth-order valence-electron chi connectivity index (χ4n) is 1.51. The van der Waals surface area contributed by atoms with Gasteiger partial charge in [0.25, 0.3) is 0 Å². The maximum absolute atomic E-state index is 10.7. The Balaban J connectivity index is 2.61. The summed E-state index contributed by atoms with van der Waals surface area (Å²) < 4.78 is 5.15. The first kappa shape index (κ1) is 8.83. The molecule has 0 aliphatic carbocycles. The van der Waals surface area contributed by atoms with Crippen LogP contribution in [0.1, 0.15) is 22.0 Å². The number of aromatic carboxylic acids is 1. The first-order valence-corrected chi connectivity index (χ1v) is 4.09. The molecule has 0 spiro atoms. The molecule has 4 N–H and O–H groups in total. The van der Waals surface area contributed by atoms with Gasteiger partial charge in [0, 0.05) is 0 Å². The van der Waals surface area contributed by atoms with Gasteiger partial charge in [0.1, 0.15) is 23.7 Å². The van der Waals surface area contributed by atoms with Crippen molar-refractivity contribution in [3.05, 3.63) is 23.3 Å². The molecule has 1 aromatic carbocycles. The Morgan fingerprint density at radius 3 is 2.93 bits per heavy atom. The predicted molar refractivity (Wildman–Crippen MR) is 47.5 cm³/mol. The van der Waals surface area contributed by atoms with Gasteiger partial charge < -0.3 is 20.7 Å². The summed E-state index contributed by atoms with van der Waals surface area (Å²) in [5.41, 5.74) is 5.87. The Labute approximate surface area is 79.7 Å². The van der Waals surface area contributed by atoms with Gasteiger partial charge in [-0.05, 0) is 12.1 Å². The molecule has 1 atom stereocenters. The van der Waals surface area contributed by atoms with E-state index in [2.05, 4.69) is 0 Å². The average molecular weight is 195 g/mol. The van der Waals surface area contributed by atoms with Gasteiger partial charge in [-0.25, -0.2) is 4.79 Å². The quantitative estimate of drug-likeness (QED) is 0.606. The lowest BCUT2D eigenvalue weighted by atomic mass is 10.0. The van der Waals surface area contributed by atoms with E-state index in [9.17, 15) is 9.90 Å². The van der Waals surface area contributed by atoms with E-state index in [1.54, 1.807) is 0 Å². The summed E-state index contributed by atoms with van der Waals surface area (Å²) in [7, 11) is 0. The van der Waals surface area contributed by atoms with Crippen LogP contribution in [-0.2, 0) is 0 Å². The minimum Gasteiger partial charge on any atom is -0.507 e. The lowest BCUT2D eigenvalue weighted by Gasteiger charge is -2.06. The molecule has 2 rings (SSSR count). The summed E-state index contributed by atoms with van der Waals surface area (Å²) >= 11 is 0. The third-order valence-electron chi connectivity index (χ3n) is 2.20. The summed E-state index contributed by atoms with van der Waals surface area (Å²) in [6, 6.07) is 2.35. The second-order valence-corrected chi connectivity index (χ2v) is 3.10. The van der Waals surface area contributed by atoms with E-state index in [1.807, 2.05) is 0 Å². The van der Waals surface area contributed by atoms with Crippen LogP contribution < -0.4 is 10.5 Å². The molecule has 0 amide bonds. The number of carboxylic acid groups (broad SMARTS) is 1. The second-order valence-electron chi connectivity index (χ2n) is 3.10. The molecule has 0 bridgehead atoms. The number of nitrogens with two attached hydrogens (primary N) is 1. The van der Waals surface area contributed by atoms with Crippen molar-refractivity contribution in [3.63, 3.8) is 0 Å². The number of aromatic hydroxyl groups is 1. The molecule has 0 aromatic heterocycles. The number of hydrogen-bond donors (Lipinski definition) is 3. The lowest BCUT2D eigenvalue weighted by molar-refractivity contribution is 0.0693. The highest BCUT2D eigenvalue weighted by molar-refractivity contribution is 5.92. The van der Waals surface area contributed by atoms with E-state index >= 15 is 0 Å². The summed E-state index contributed by atoms with van der Waals surface area (Å²) in [5.74, 6) is -1.01. The van der Waals surface area contributed by atoms with Gasteiger partial charge in [-0.15, -0.1) is 0 Å². The largest absolute Gasteiger partial charge is 0.507 e. The zero-order chi connectivity index (χ0) is 10.3. The van der Waals surface area contributed by atoms with E-state index in [0.29, 0.717) is 11.3 Å². The number of ether oxygens (including phenoxy) is 1. The minimum atomic E-state index is -1.18. The van der Waals surface area contributed by atoms with Crippen LogP contribution in [0.15, 0.2) is 12.1 Å². The van der Waals surface area contributed by atoms with Crippen LogP contribution in [0.2, 0.25) is 0 Å². The summed E-state index contributed by atoms with van der Waals surface area (Å²) in [6.45, 7) is 0.270. The number of rotatable bonds is 1. The monoisotopic (exact) mass is 195 g/mol. The van der Waals surface area contributed by atoms with Crippen LogP contribution in [0.25, 0.3) is 0 Å². The molecule has 5 heteroatoms. The zero-order valence-corrected chi connectivity index (χ0v) is 7.23. The number of phenols is 1. The SMILES string of the molecule is N[C@H]1COc2ccc(C(=O)O)c(O)c21. The third-order valence-corrected chi connectivity index (χ3v) is 2.20. The number of carboxylic acids is 1. The van der Waals surface area contributed by atoms with Crippen molar-refractivity contribution in [2.24, 2.45) is 5.73 Å². The van der Waals surface area contributed by atoms with Crippen molar-refractivity contribution < 1.29 is 19.7 Å². The molecule has 14 heavy (non-hydrogen) atoms. The molecular weight excluding hydrogens is 186 g/mol. The molecular formula is C9H9NO4. The summed E-state index contributed by atoms with van der Waals surface area (Å²) in [6.07, 6.45) is 0. The van der Waals surface area contributed by atoms with Crippen molar-refractivity contribution in [1.82, 2.24) is 0 Å². The van der Waals surface area contributed by atoms with Crippen LogP contribution >= 0.6 is 0 Å². The Hall–Kier alpha value is -1.75. The van der Waals surface area contributed by atoms with E-state index in [-0.39, 0.29) is 17.9 Å². The number of benzene rings is 1.